The number of hydrogen-bond acceptors (Lipinski definition) is 4. The maximum atomic E-state index is 10.2. The quantitative estimate of drug-likeness (QED) is 0.507. The Morgan fingerprint density at radius 3 is 2.47 bits per heavy atom. The zero-order valence-electron chi connectivity index (χ0n) is 10.4. The fraction of sp³-hybridized carbons (Fsp3) is 0.818. The van der Waals surface area contributed by atoms with Crippen LogP contribution in [-0.2, 0) is 15.5 Å². The Balaban J connectivity index is 1.99. The first-order valence-electron chi connectivity index (χ1n) is 6.13. The molecule has 0 spiro atoms. The fourth-order valence-electron chi connectivity index (χ4n) is 1.72. The van der Waals surface area contributed by atoms with E-state index in [0.29, 0.717) is 6.61 Å². The minimum Gasteiger partial charge on any atom is -0.359 e. The lowest BCUT2D eigenvalue weighted by molar-refractivity contribution is 0.247. The standard InChI is InChI=1S/C11H22N2O3S/c1-2-3-6-12-8-9-13(11-12)7-4-5-10-16-17(14)15/h8-9H,2-7,10-11H2,1H3,(H,14,15). The van der Waals surface area contributed by atoms with E-state index in [0.717, 1.165) is 32.6 Å². The van der Waals surface area contributed by atoms with Gasteiger partial charge in [-0.3, -0.25) is 8.74 Å². The molecular weight excluding hydrogens is 240 g/mol. The largest absolute Gasteiger partial charge is 0.359 e. The van der Waals surface area contributed by atoms with Gasteiger partial charge in [-0.05, 0) is 19.3 Å². The number of nitrogens with zero attached hydrogens (tertiary/aromatic N) is 2. The molecule has 6 heteroatoms. The Morgan fingerprint density at radius 2 is 1.88 bits per heavy atom. The van der Waals surface area contributed by atoms with Crippen LogP contribution in [0.15, 0.2) is 12.4 Å². The van der Waals surface area contributed by atoms with E-state index in [1.54, 1.807) is 0 Å². The van der Waals surface area contributed by atoms with Gasteiger partial charge in [0.2, 0.25) is 0 Å². The van der Waals surface area contributed by atoms with Gasteiger partial charge in [-0.25, -0.2) is 0 Å². The Bertz CT molecular complexity index is 261. The van der Waals surface area contributed by atoms with E-state index in [1.807, 2.05) is 0 Å². The van der Waals surface area contributed by atoms with Gasteiger partial charge in [-0.15, -0.1) is 0 Å². The molecular formula is C11H22N2O3S. The summed E-state index contributed by atoms with van der Waals surface area (Å²) >= 11 is -2.12. The molecule has 0 saturated heterocycles. The van der Waals surface area contributed by atoms with Gasteiger partial charge >= 0.3 is 11.4 Å². The summed E-state index contributed by atoms with van der Waals surface area (Å²) in [5.41, 5.74) is 0. The van der Waals surface area contributed by atoms with Crippen LogP contribution in [0.25, 0.3) is 0 Å². The highest BCUT2D eigenvalue weighted by Gasteiger charge is 2.10. The average Bonchev–Trinajstić information content (AvgIpc) is 2.73. The van der Waals surface area contributed by atoms with Crippen LogP contribution in [0.5, 0.6) is 0 Å². The van der Waals surface area contributed by atoms with Crippen molar-refractivity contribution in [2.24, 2.45) is 0 Å². The number of hydrogen-bond donors (Lipinski definition) is 1. The van der Waals surface area contributed by atoms with E-state index in [9.17, 15) is 4.21 Å². The molecule has 5 nitrogen and oxygen atoms in total. The number of unbranched alkanes of at least 4 members (excludes halogenated alkanes) is 2. The van der Waals surface area contributed by atoms with Crippen LogP contribution in [-0.4, -0.2) is 44.9 Å². The van der Waals surface area contributed by atoms with Gasteiger partial charge in [-0.1, -0.05) is 13.3 Å². The van der Waals surface area contributed by atoms with Gasteiger partial charge < -0.3 is 9.80 Å². The number of rotatable bonds is 9. The Labute approximate surface area is 106 Å². The normalized spacial score (nSPS) is 16.8. The Morgan fingerprint density at radius 1 is 1.24 bits per heavy atom. The first-order valence-corrected chi connectivity index (χ1v) is 7.16. The molecule has 17 heavy (non-hydrogen) atoms. The topological polar surface area (TPSA) is 53.0 Å². The van der Waals surface area contributed by atoms with E-state index in [2.05, 4.69) is 33.3 Å². The second kappa shape index (κ2) is 8.49. The third-order valence-electron chi connectivity index (χ3n) is 2.67. The molecule has 0 saturated carbocycles. The van der Waals surface area contributed by atoms with Crippen LogP contribution in [0.1, 0.15) is 32.6 Å². The molecule has 0 aromatic carbocycles. The van der Waals surface area contributed by atoms with Gasteiger partial charge in [0.1, 0.15) is 0 Å². The lowest BCUT2D eigenvalue weighted by Crippen LogP contribution is -2.26. The molecule has 1 aliphatic rings. The first kappa shape index (κ1) is 14.5. The molecule has 0 amide bonds. The van der Waals surface area contributed by atoms with Crippen molar-refractivity contribution >= 4 is 11.4 Å². The molecule has 1 atom stereocenters. The highest BCUT2D eigenvalue weighted by atomic mass is 32.2. The van der Waals surface area contributed by atoms with Crippen molar-refractivity contribution in [1.29, 1.82) is 0 Å². The lowest BCUT2D eigenvalue weighted by Gasteiger charge is -2.20. The van der Waals surface area contributed by atoms with Crippen molar-refractivity contribution in [3.05, 3.63) is 12.4 Å². The minimum atomic E-state index is -2.12. The van der Waals surface area contributed by atoms with Crippen LogP contribution >= 0.6 is 0 Å². The van der Waals surface area contributed by atoms with E-state index in [-0.39, 0.29) is 0 Å². The zero-order chi connectivity index (χ0) is 12.5. The molecule has 1 aliphatic heterocycles. The van der Waals surface area contributed by atoms with Gasteiger partial charge in [0.05, 0.1) is 13.3 Å². The first-order chi connectivity index (χ1) is 8.22. The molecule has 100 valence electrons. The monoisotopic (exact) mass is 262 g/mol. The highest BCUT2D eigenvalue weighted by molar-refractivity contribution is 7.74. The third-order valence-corrected chi connectivity index (χ3v) is 3.04. The summed E-state index contributed by atoms with van der Waals surface area (Å²) in [7, 11) is 0. The predicted octanol–water partition coefficient (Wildman–Crippen LogP) is 1.77. The molecule has 1 N–H and O–H groups in total. The van der Waals surface area contributed by atoms with E-state index < -0.39 is 11.4 Å². The molecule has 0 aromatic rings. The molecule has 1 unspecified atom stereocenters. The predicted molar refractivity (Wildman–Crippen MR) is 68.3 cm³/mol. The maximum Gasteiger partial charge on any atom is 0.301 e. The van der Waals surface area contributed by atoms with E-state index in [4.69, 9.17) is 4.55 Å². The molecule has 1 rings (SSSR count). The van der Waals surface area contributed by atoms with Crippen LogP contribution in [0.4, 0.5) is 0 Å². The summed E-state index contributed by atoms with van der Waals surface area (Å²) in [5, 5.41) is 0. The Hall–Kier alpha value is -0.590. The van der Waals surface area contributed by atoms with E-state index in [1.165, 1.54) is 12.8 Å². The van der Waals surface area contributed by atoms with Gasteiger partial charge in [0.25, 0.3) is 0 Å². The van der Waals surface area contributed by atoms with E-state index >= 15 is 0 Å². The van der Waals surface area contributed by atoms with Crippen molar-refractivity contribution in [3.8, 4) is 0 Å². The minimum absolute atomic E-state index is 0.347. The van der Waals surface area contributed by atoms with Crippen LogP contribution in [0.3, 0.4) is 0 Å². The van der Waals surface area contributed by atoms with Crippen LogP contribution < -0.4 is 0 Å². The second-order valence-electron chi connectivity index (χ2n) is 4.16. The fourth-order valence-corrected chi connectivity index (χ4v) is 1.98. The molecule has 0 radical (unpaired) electrons. The molecule has 0 aromatic heterocycles. The summed E-state index contributed by atoms with van der Waals surface area (Å²) in [6.45, 7) is 5.60. The smallest absolute Gasteiger partial charge is 0.301 e. The zero-order valence-corrected chi connectivity index (χ0v) is 11.2. The highest BCUT2D eigenvalue weighted by Crippen LogP contribution is 2.09. The summed E-state index contributed by atoms with van der Waals surface area (Å²) < 4.78 is 23.2. The molecule has 0 bridgehead atoms. The maximum absolute atomic E-state index is 10.2. The van der Waals surface area contributed by atoms with Gasteiger partial charge in [0, 0.05) is 25.5 Å². The summed E-state index contributed by atoms with van der Waals surface area (Å²) in [5.74, 6) is 0. The molecule has 0 fully saturated rings. The van der Waals surface area contributed by atoms with Crippen molar-refractivity contribution in [3.63, 3.8) is 0 Å². The summed E-state index contributed by atoms with van der Waals surface area (Å²) in [6, 6.07) is 0. The third kappa shape index (κ3) is 6.65. The van der Waals surface area contributed by atoms with Gasteiger partial charge in [0.15, 0.2) is 0 Å². The second-order valence-corrected chi connectivity index (χ2v) is 4.83. The van der Waals surface area contributed by atoms with Crippen molar-refractivity contribution in [2.45, 2.75) is 32.6 Å². The van der Waals surface area contributed by atoms with Gasteiger partial charge in [-0.2, -0.15) is 4.21 Å². The van der Waals surface area contributed by atoms with Crippen molar-refractivity contribution in [2.75, 3.05) is 26.4 Å². The van der Waals surface area contributed by atoms with Crippen molar-refractivity contribution in [1.82, 2.24) is 9.80 Å². The molecule has 1 heterocycles. The molecule has 0 aliphatic carbocycles. The lowest BCUT2D eigenvalue weighted by atomic mass is 10.3. The average molecular weight is 262 g/mol. The Kier molecular flexibility index (Phi) is 7.23. The van der Waals surface area contributed by atoms with Crippen LogP contribution in [0, 0.1) is 0 Å². The summed E-state index contributed by atoms with van der Waals surface area (Å²) in [6.07, 6.45) is 8.48. The summed E-state index contributed by atoms with van der Waals surface area (Å²) in [4.78, 5) is 4.56. The van der Waals surface area contributed by atoms with Crippen molar-refractivity contribution < 1.29 is 12.9 Å². The SMILES string of the molecule is CCCCN1C=CN(CCCCOS(=O)O)C1. The van der Waals surface area contributed by atoms with Crippen LogP contribution in [0.2, 0.25) is 0 Å².